The third-order valence-corrected chi connectivity index (χ3v) is 5.58. The topological polar surface area (TPSA) is 98.7 Å². The van der Waals surface area contributed by atoms with Gasteiger partial charge in [0.05, 0.1) is 5.56 Å². The third kappa shape index (κ3) is 4.17. The molecule has 0 unspecified atom stereocenters. The van der Waals surface area contributed by atoms with E-state index in [2.05, 4.69) is 31.5 Å². The van der Waals surface area contributed by atoms with Gasteiger partial charge in [0.25, 0.3) is 11.8 Å². The van der Waals surface area contributed by atoms with E-state index in [0.717, 1.165) is 43.5 Å². The van der Waals surface area contributed by atoms with Gasteiger partial charge < -0.3 is 9.84 Å². The summed E-state index contributed by atoms with van der Waals surface area (Å²) in [4.78, 5) is 25.5. The normalized spacial score (nSPS) is 16.3. The third-order valence-electron chi connectivity index (χ3n) is 5.58. The van der Waals surface area contributed by atoms with E-state index in [4.69, 9.17) is 4.52 Å². The van der Waals surface area contributed by atoms with Crippen LogP contribution in [0.1, 0.15) is 67.2 Å². The standard InChI is InChI=1S/C22H24N6O2/c29-21(23-11-10-15-4-2-1-3-5-15)18-13-28(14-25-18)19-9-8-17(12-24-19)22-26-20(27-30-22)16-6-7-16/h4,8-9,12-14,16H,1-3,5-7,10-11H2,(H,23,29). The van der Waals surface area contributed by atoms with Crippen LogP contribution in [0.15, 0.2) is 47.0 Å². The predicted octanol–water partition coefficient (Wildman–Crippen LogP) is 3.82. The summed E-state index contributed by atoms with van der Waals surface area (Å²) < 4.78 is 7.07. The van der Waals surface area contributed by atoms with E-state index in [-0.39, 0.29) is 5.91 Å². The molecule has 3 aromatic rings. The average molecular weight is 404 g/mol. The van der Waals surface area contributed by atoms with Crippen LogP contribution in [-0.4, -0.2) is 37.1 Å². The number of carbonyl (C=O) groups excluding carboxylic acids is 1. The van der Waals surface area contributed by atoms with Gasteiger partial charge in [-0.25, -0.2) is 9.97 Å². The van der Waals surface area contributed by atoms with E-state index in [1.807, 2.05) is 12.1 Å². The van der Waals surface area contributed by atoms with E-state index >= 15 is 0 Å². The molecule has 0 aliphatic heterocycles. The highest BCUT2D eigenvalue weighted by atomic mass is 16.5. The van der Waals surface area contributed by atoms with Gasteiger partial charge in [-0.3, -0.25) is 9.36 Å². The van der Waals surface area contributed by atoms with Gasteiger partial charge in [-0.1, -0.05) is 16.8 Å². The molecule has 30 heavy (non-hydrogen) atoms. The average Bonchev–Trinajstić information content (AvgIpc) is 3.31. The fourth-order valence-corrected chi connectivity index (χ4v) is 3.65. The first-order valence-corrected chi connectivity index (χ1v) is 10.6. The summed E-state index contributed by atoms with van der Waals surface area (Å²) >= 11 is 0. The van der Waals surface area contributed by atoms with E-state index < -0.39 is 0 Å². The molecule has 154 valence electrons. The molecule has 2 aliphatic carbocycles. The molecule has 0 saturated heterocycles. The zero-order chi connectivity index (χ0) is 20.3. The molecule has 0 radical (unpaired) electrons. The maximum Gasteiger partial charge on any atom is 0.271 e. The summed E-state index contributed by atoms with van der Waals surface area (Å²) in [5.74, 6) is 2.21. The van der Waals surface area contributed by atoms with Crippen molar-refractivity contribution >= 4 is 5.91 Å². The van der Waals surface area contributed by atoms with Crippen LogP contribution in [0.4, 0.5) is 0 Å². The van der Waals surface area contributed by atoms with E-state index in [1.54, 1.807) is 23.3 Å². The van der Waals surface area contributed by atoms with Gasteiger partial charge in [0.15, 0.2) is 5.82 Å². The Hall–Kier alpha value is -3.29. The highest BCUT2D eigenvalue weighted by Crippen LogP contribution is 2.38. The Bertz CT molecular complexity index is 1060. The fraction of sp³-hybridized carbons (Fsp3) is 0.409. The molecule has 1 amide bonds. The number of hydrogen-bond acceptors (Lipinski definition) is 6. The number of imidazole rings is 1. The lowest BCUT2D eigenvalue weighted by Gasteiger charge is -2.12. The van der Waals surface area contributed by atoms with E-state index in [0.29, 0.717) is 29.9 Å². The number of nitrogens with zero attached hydrogens (tertiary/aromatic N) is 5. The Balaban J connectivity index is 1.20. The molecule has 5 rings (SSSR count). The lowest BCUT2D eigenvalue weighted by Crippen LogP contribution is -2.25. The Morgan fingerprint density at radius 3 is 2.93 bits per heavy atom. The lowest BCUT2D eigenvalue weighted by atomic mass is 9.97. The van der Waals surface area contributed by atoms with Crippen molar-refractivity contribution in [3.05, 3.63) is 54.0 Å². The van der Waals surface area contributed by atoms with Crippen molar-refractivity contribution in [2.24, 2.45) is 0 Å². The Morgan fingerprint density at radius 1 is 1.23 bits per heavy atom. The second-order valence-corrected chi connectivity index (χ2v) is 7.92. The maximum absolute atomic E-state index is 12.4. The number of rotatable bonds is 7. The van der Waals surface area contributed by atoms with Gasteiger partial charge in [-0.2, -0.15) is 4.98 Å². The fourth-order valence-electron chi connectivity index (χ4n) is 3.65. The quantitative estimate of drug-likeness (QED) is 0.601. The number of hydrogen-bond donors (Lipinski definition) is 1. The SMILES string of the molecule is O=C(NCCC1=CCCCC1)c1cn(-c2ccc(-c3nc(C4CC4)no3)cn2)cn1. The summed E-state index contributed by atoms with van der Waals surface area (Å²) in [7, 11) is 0. The zero-order valence-corrected chi connectivity index (χ0v) is 16.8. The summed E-state index contributed by atoms with van der Waals surface area (Å²) in [6.07, 6.45) is 15.3. The first-order chi connectivity index (χ1) is 14.8. The molecule has 3 heterocycles. The number of allylic oxidation sites excluding steroid dienone is 1. The highest BCUT2D eigenvalue weighted by molar-refractivity contribution is 5.92. The molecule has 1 N–H and O–H groups in total. The number of nitrogens with one attached hydrogen (secondary N) is 1. The first kappa shape index (κ1) is 18.7. The summed E-state index contributed by atoms with van der Waals surface area (Å²) in [5, 5.41) is 6.99. The van der Waals surface area contributed by atoms with Crippen LogP contribution in [0.25, 0.3) is 17.3 Å². The summed E-state index contributed by atoms with van der Waals surface area (Å²) in [6, 6.07) is 3.72. The van der Waals surface area contributed by atoms with Crippen LogP contribution < -0.4 is 5.32 Å². The molecule has 0 bridgehead atoms. The van der Waals surface area contributed by atoms with Crippen molar-refractivity contribution in [3.8, 4) is 17.3 Å². The van der Waals surface area contributed by atoms with Crippen LogP contribution in [0.3, 0.4) is 0 Å². The van der Waals surface area contributed by atoms with Crippen LogP contribution in [0.5, 0.6) is 0 Å². The predicted molar refractivity (Wildman–Crippen MR) is 110 cm³/mol. The van der Waals surface area contributed by atoms with Gasteiger partial charge in [0, 0.05) is 24.9 Å². The molecular weight excluding hydrogens is 380 g/mol. The van der Waals surface area contributed by atoms with Gasteiger partial charge in [0.1, 0.15) is 17.8 Å². The second kappa shape index (κ2) is 8.22. The van der Waals surface area contributed by atoms with Crippen molar-refractivity contribution in [1.82, 2.24) is 30.0 Å². The second-order valence-electron chi connectivity index (χ2n) is 7.92. The minimum Gasteiger partial charge on any atom is -0.350 e. The summed E-state index contributed by atoms with van der Waals surface area (Å²) in [6.45, 7) is 0.636. The molecule has 0 aromatic carbocycles. The number of pyridine rings is 1. The molecule has 1 saturated carbocycles. The van der Waals surface area contributed by atoms with Gasteiger partial charge in [0.2, 0.25) is 0 Å². The van der Waals surface area contributed by atoms with Crippen molar-refractivity contribution in [3.63, 3.8) is 0 Å². The Labute approximate surface area is 174 Å². The molecule has 0 spiro atoms. The lowest BCUT2D eigenvalue weighted by molar-refractivity contribution is 0.0949. The van der Waals surface area contributed by atoms with E-state index in [9.17, 15) is 4.79 Å². The van der Waals surface area contributed by atoms with Crippen LogP contribution in [0, 0.1) is 0 Å². The monoisotopic (exact) mass is 404 g/mol. The number of amides is 1. The zero-order valence-electron chi connectivity index (χ0n) is 16.8. The van der Waals surface area contributed by atoms with Crippen molar-refractivity contribution in [2.45, 2.75) is 50.9 Å². The molecule has 0 atom stereocenters. The van der Waals surface area contributed by atoms with Crippen molar-refractivity contribution in [1.29, 1.82) is 0 Å². The molecular formula is C22H24N6O2. The number of aromatic nitrogens is 5. The minimum absolute atomic E-state index is 0.166. The van der Waals surface area contributed by atoms with Gasteiger partial charge in [-0.15, -0.1) is 0 Å². The smallest absolute Gasteiger partial charge is 0.271 e. The molecule has 8 nitrogen and oxygen atoms in total. The van der Waals surface area contributed by atoms with Gasteiger partial charge >= 0.3 is 0 Å². The van der Waals surface area contributed by atoms with Crippen molar-refractivity contribution < 1.29 is 9.32 Å². The van der Waals surface area contributed by atoms with Gasteiger partial charge in [-0.05, 0) is 57.1 Å². The molecule has 3 aromatic heterocycles. The van der Waals surface area contributed by atoms with E-state index in [1.165, 1.54) is 18.4 Å². The van der Waals surface area contributed by atoms with Crippen molar-refractivity contribution in [2.75, 3.05) is 6.54 Å². The Morgan fingerprint density at radius 2 is 2.17 bits per heavy atom. The van der Waals surface area contributed by atoms with Crippen LogP contribution in [-0.2, 0) is 0 Å². The molecule has 1 fully saturated rings. The minimum atomic E-state index is -0.166. The van der Waals surface area contributed by atoms with Crippen LogP contribution >= 0.6 is 0 Å². The highest BCUT2D eigenvalue weighted by Gasteiger charge is 2.29. The van der Waals surface area contributed by atoms with Crippen LogP contribution in [0.2, 0.25) is 0 Å². The Kier molecular flexibility index (Phi) is 5.13. The molecule has 8 heteroatoms. The maximum atomic E-state index is 12.4. The first-order valence-electron chi connectivity index (χ1n) is 10.6. The number of carbonyl (C=O) groups is 1. The molecule has 2 aliphatic rings. The largest absolute Gasteiger partial charge is 0.350 e. The summed E-state index contributed by atoms with van der Waals surface area (Å²) in [5.41, 5.74) is 2.60.